The third-order valence-electron chi connectivity index (χ3n) is 3.48. The lowest BCUT2D eigenvalue weighted by Crippen LogP contribution is -2.22. The van der Waals surface area contributed by atoms with E-state index in [0.717, 1.165) is 29.6 Å². The van der Waals surface area contributed by atoms with Crippen LogP contribution in [0.25, 0.3) is 0 Å². The molecule has 2 atom stereocenters. The molecule has 0 spiro atoms. The Hall–Kier alpha value is -1.31. The number of nitrogens with zero attached hydrogens (tertiary/aromatic N) is 1. The number of ketones is 1. The second kappa shape index (κ2) is 4.28. The summed E-state index contributed by atoms with van der Waals surface area (Å²) >= 11 is 0. The van der Waals surface area contributed by atoms with Crippen LogP contribution in [0.1, 0.15) is 30.6 Å². The maximum atomic E-state index is 11.5. The van der Waals surface area contributed by atoms with Crippen molar-refractivity contribution in [3.8, 4) is 0 Å². The van der Waals surface area contributed by atoms with Crippen molar-refractivity contribution in [2.75, 3.05) is 18.5 Å². The normalized spacial score (nSPS) is 22.9. The first-order valence-corrected chi connectivity index (χ1v) is 5.90. The molecule has 0 saturated heterocycles. The van der Waals surface area contributed by atoms with Gasteiger partial charge in [-0.15, -0.1) is 0 Å². The van der Waals surface area contributed by atoms with Gasteiger partial charge in [0.25, 0.3) is 0 Å². The van der Waals surface area contributed by atoms with Crippen LogP contribution in [0.5, 0.6) is 0 Å². The second-order valence-corrected chi connectivity index (χ2v) is 4.93. The van der Waals surface area contributed by atoms with E-state index in [0.29, 0.717) is 0 Å². The van der Waals surface area contributed by atoms with E-state index in [9.17, 15) is 4.79 Å². The van der Waals surface area contributed by atoms with Crippen molar-refractivity contribution in [2.45, 2.75) is 20.3 Å². The highest BCUT2D eigenvalue weighted by Crippen LogP contribution is 2.39. The quantitative estimate of drug-likeness (QED) is 0.723. The highest BCUT2D eigenvalue weighted by Gasteiger charge is 2.33. The van der Waals surface area contributed by atoms with Gasteiger partial charge < -0.3 is 4.90 Å². The van der Waals surface area contributed by atoms with Crippen molar-refractivity contribution >= 4 is 11.5 Å². The molecular weight excluding hydrogens is 198 g/mol. The predicted octanol–water partition coefficient (Wildman–Crippen LogP) is 2.98. The Labute approximate surface area is 97.3 Å². The predicted molar refractivity (Wildman–Crippen MR) is 67.0 cm³/mol. The fourth-order valence-corrected chi connectivity index (χ4v) is 2.21. The number of hydrogen-bond donors (Lipinski definition) is 0. The van der Waals surface area contributed by atoms with Crippen LogP contribution in [-0.4, -0.2) is 19.4 Å². The molecule has 1 aliphatic carbocycles. The monoisotopic (exact) mass is 217 g/mol. The molecule has 0 aliphatic heterocycles. The van der Waals surface area contributed by atoms with Gasteiger partial charge in [-0.3, -0.25) is 4.79 Å². The van der Waals surface area contributed by atoms with Gasteiger partial charge in [-0.05, 0) is 37.3 Å². The summed E-state index contributed by atoms with van der Waals surface area (Å²) < 4.78 is 0. The molecule has 1 aromatic carbocycles. The maximum Gasteiger partial charge on any atom is 0.161 e. The van der Waals surface area contributed by atoms with Crippen LogP contribution in [0.3, 0.4) is 0 Å². The van der Waals surface area contributed by atoms with E-state index in [-0.39, 0.29) is 5.78 Å². The lowest BCUT2D eigenvalue weighted by molar-refractivity contribution is 0.101. The molecule has 1 fully saturated rings. The molecule has 1 aliphatic rings. The molecule has 86 valence electrons. The molecule has 0 aromatic heterocycles. The van der Waals surface area contributed by atoms with Gasteiger partial charge in [0.1, 0.15) is 0 Å². The van der Waals surface area contributed by atoms with Gasteiger partial charge in [0, 0.05) is 24.8 Å². The Balaban J connectivity index is 2.15. The SMILES string of the molecule is CC(=O)c1ccccc1N(C)CC1CC1C. The second-order valence-electron chi connectivity index (χ2n) is 4.93. The Morgan fingerprint density at radius 3 is 2.62 bits per heavy atom. The minimum atomic E-state index is 0.145. The molecule has 16 heavy (non-hydrogen) atoms. The van der Waals surface area contributed by atoms with Gasteiger partial charge in [-0.25, -0.2) is 0 Å². The highest BCUT2D eigenvalue weighted by molar-refractivity contribution is 5.99. The van der Waals surface area contributed by atoms with Gasteiger partial charge >= 0.3 is 0 Å². The summed E-state index contributed by atoms with van der Waals surface area (Å²) in [4.78, 5) is 13.7. The number of rotatable bonds is 4. The zero-order valence-corrected chi connectivity index (χ0v) is 10.2. The Morgan fingerprint density at radius 2 is 2.06 bits per heavy atom. The molecule has 2 nitrogen and oxygen atoms in total. The number of hydrogen-bond acceptors (Lipinski definition) is 2. The molecule has 2 rings (SSSR count). The lowest BCUT2D eigenvalue weighted by atomic mass is 10.1. The number of carbonyl (C=O) groups excluding carboxylic acids is 1. The summed E-state index contributed by atoms with van der Waals surface area (Å²) in [5, 5.41) is 0. The fourth-order valence-electron chi connectivity index (χ4n) is 2.21. The Bertz CT molecular complexity index is 399. The van der Waals surface area contributed by atoms with Crippen LogP contribution in [0.4, 0.5) is 5.69 Å². The van der Waals surface area contributed by atoms with Crippen LogP contribution in [0, 0.1) is 11.8 Å². The topological polar surface area (TPSA) is 20.3 Å². The van der Waals surface area contributed by atoms with Crippen molar-refractivity contribution in [1.29, 1.82) is 0 Å². The van der Waals surface area contributed by atoms with Crippen LogP contribution in [0.15, 0.2) is 24.3 Å². The average Bonchev–Trinajstić information content (AvgIpc) is 2.94. The maximum absolute atomic E-state index is 11.5. The number of anilines is 1. The first kappa shape index (κ1) is 11.2. The standard InChI is InChI=1S/C14H19NO/c1-10-8-12(10)9-15(3)14-7-5-4-6-13(14)11(2)16/h4-7,10,12H,8-9H2,1-3H3. The van der Waals surface area contributed by atoms with Crippen LogP contribution in [0.2, 0.25) is 0 Å². The zero-order chi connectivity index (χ0) is 11.7. The summed E-state index contributed by atoms with van der Waals surface area (Å²) in [6, 6.07) is 7.86. The van der Waals surface area contributed by atoms with E-state index < -0.39 is 0 Å². The third kappa shape index (κ3) is 2.26. The molecule has 2 heteroatoms. The summed E-state index contributed by atoms with van der Waals surface area (Å²) in [6.07, 6.45) is 1.33. The van der Waals surface area contributed by atoms with Crippen molar-refractivity contribution in [2.24, 2.45) is 11.8 Å². The minimum absolute atomic E-state index is 0.145. The average molecular weight is 217 g/mol. The largest absolute Gasteiger partial charge is 0.374 e. The summed E-state index contributed by atoms with van der Waals surface area (Å²) in [7, 11) is 2.08. The molecule has 1 aromatic rings. The van der Waals surface area contributed by atoms with E-state index in [1.54, 1.807) is 6.92 Å². The van der Waals surface area contributed by atoms with E-state index in [2.05, 4.69) is 18.9 Å². The summed E-state index contributed by atoms with van der Waals surface area (Å²) in [6.45, 7) is 4.98. The lowest BCUT2D eigenvalue weighted by Gasteiger charge is -2.21. The Morgan fingerprint density at radius 1 is 1.44 bits per heavy atom. The van der Waals surface area contributed by atoms with Gasteiger partial charge in [0.2, 0.25) is 0 Å². The zero-order valence-electron chi connectivity index (χ0n) is 10.2. The first-order valence-electron chi connectivity index (χ1n) is 5.90. The number of Topliss-reactive ketones (excluding diaryl/α,β-unsaturated/α-hetero) is 1. The number of para-hydroxylation sites is 1. The van der Waals surface area contributed by atoms with Crippen molar-refractivity contribution in [3.63, 3.8) is 0 Å². The van der Waals surface area contributed by atoms with Gasteiger partial charge in [0.15, 0.2) is 5.78 Å². The van der Waals surface area contributed by atoms with Crippen LogP contribution in [-0.2, 0) is 0 Å². The number of carbonyl (C=O) groups is 1. The Kier molecular flexibility index (Phi) is 2.99. The van der Waals surface area contributed by atoms with E-state index in [1.165, 1.54) is 6.42 Å². The van der Waals surface area contributed by atoms with Crippen molar-refractivity contribution in [3.05, 3.63) is 29.8 Å². The fraction of sp³-hybridized carbons (Fsp3) is 0.500. The van der Waals surface area contributed by atoms with Crippen LogP contribution < -0.4 is 4.90 Å². The van der Waals surface area contributed by atoms with E-state index in [1.807, 2.05) is 24.3 Å². The van der Waals surface area contributed by atoms with Gasteiger partial charge in [-0.2, -0.15) is 0 Å². The van der Waals surface area contributed by atoms with Crippen molar-refractivity contribution < 1.29 is 4.79 Å². The minimum Gasteiger partial charge on any atom is -0.374 e. The summed E-state index contributed by atoms with van der Waals surface area (Å²) in [5.74, 6) is 1.81. The summed E-state index contributed by atoms with van der Waals surface area (Å²) in [5.41, 5.74) is 1.90. The molecule has 0 radical (unpaired) electrons. The van der Waals surface area contributed by atoms with Crippen LogP contribution >= 0.6 is 0 Å². The number of benzene rings is 1. The molecular formula is C14H19NO. The van der Waals surface area contributed by atoms with Crippen molar-refractivity contribution in [1.82, 2.24) is 0 Å². The molecule has 0 N–H and O–H groups in total. The molecule has 0 amide bonds. The first-order chi connectivity index (χ1) is 7.59. The molecule has 0 heterocycles. The third-order valence-corrected chi connectivity index (χ3v) is 3.48. The smallest absolute Gasteiger partial charge is 0.161 e. The van der Waals surface area contributed by atoms with E-state index >= 15 is 0 Å². The van der Waals surface area contributed by atoms with Gasteiger partial charge in [0.05, 0.1) is 0 Å². The molecule has 1 saturated carbocycles. The molecule has 0 bridgehead atoms. The molecule has 2 unspecified atom stereocenters. The van der Waals surface area contributed by atoms with E-state index in [4.69, 9.17) is 0 Å². The van der Waals surface area contributed by atoms with Gasteiger partial charge in [-0.1, -0.05) is 19.1 Å². The highest BCUT2D eigenvalue weighted by atomic mass is 16.1.